The van der Waals surface area contributed by atoms with Crippen LogP contribution in [-0.2, 0) is 23.7 Å². The number of carbonyl (C=O) groups excluding carboxylic acids is 1. The first kappa shape index (κ1) is 29.9. The van der Waals surface area contributed by atoms with Crippen molar-refractivity contribution in [2.45, 2.75) is 63.0 Å². The highest BCUT2D eigenvalue weighted by atomic mass is 19.3. The molecule has 0 saturated carbocycles. The summed E-state index contributed by atoms with van der Waals surface area (Å²) in [7, 11) is 0. The third-order valence-electron chi connectivity index (χ3n) is 4.01. The van der Waals surface area contributed by atoms with Crippen LogP contribution in [0.5, 0.6) is 0 Å². The van der Waals surface area contributed by atoms with Gasteiger partial charge >= 0.3 is 30.0 Å². The summed E-state index contributed by atoms with van der Waals surface area (Å²) in [6.07, 6.45) is -8.97. The number of esters is 1. The first-order valence-corrected chi connectivity index (χ1v) is 8.72. The molecule has 0 amide bonds. The molecule has 0 bridgehead atoms. The first-order chi connectivity index (χ1) is 14.1. The number of hydrogen-bond acceptors (Lipinski definition) is 5. The third-order valence-corrected chi connectivity index (χ3v) is 4.01. The highest BCUT2D eigenvalue weighted by Gasteiger charge is 2.72. The smallest absolute Gasteiger partial charge is 0.423 e. The average Bonchev–Trinajstić information content (AvgIpc) is 2.62. The molecule has 0 radical (unpaired) electrons. The van der Waals surface area contributed by atoms with Crippen molar-refractivity contribution >= 4 is 5.97 Å². The number of carbonyl (C=O) groups is 1. The topological polar surface area (TPSA) is 54.0 Å². The van der Waals surface area contributed by atoms with E-state index in [0.29, 0.717) is 19.9 Å². The summed E-state index contributed by atoms with van der Waals surface area (Å²) in [5.41, 5.74) is -6.97. The number of ether oxygens (including phenoxy) is 4. The second kappa shape index (κ2) is 9.77. The molecule has 0 N–H and O–H groups in total. The molecule has 0 unspecified atom stereocenters. The lowest BCUT2D eigenvalue weighted by atomic mass is 9.96. The fourth-order valence-electron chi connectivity index (χ4n) is 1.91. The van der Waals surface area contributed by atoms with Crippen LogP contribution in [0.4, 0.5) is 35.1 Å². The summed E-state index contributed by atoms with van der Waals surface area (Å²) in [6.45, 7) is 6.79. The van der Waals surface area contributed by atoms with E-state index in [4.69, 9.17) is 0 Å². The van der Waals surface area contributed by atoms with Gasteiger partial charge in [-0.3, -0.25) is 0 Å². The fraction of sp³-hybridized carbons (Fsp3) is 0.632. The van der Waals surface area contributed by atoms with Gasteiger partial charge in [-0.1, -0.05) is 19.7 Å². The minimum absolute atomic E-state index is 0.149. The Kier molecular flexibility index (Phi) is 9.12. The van der Waals surface area contributed by atoms with E-state index >= 15 is 0 Å². The second-order valence-electron chi connectivity index (χ2n) is 7.43. The molecule has 0 aliphatic heterocycles. The quantitative estimate of drug-likeness (QED) is 0.108. The van der Waals surface area contributed by atoms with E-state index < -0.39 is 54.4 Å². The Morgan fingerprint density at radius 1 is 0.781 bits per heavy atom. The highest BCUT2D eigenvalue weighted by molar-refractivity contribution is 5.81. The van der Waals surface area contributed by atoms with E-state index in [1.165, 1.54) is 0 Å². The molecule has 0 aliphatic carbocycles. The summed E-state index contributed by atoms with van der Waals surface area (Å²) >= 11 is 0. The zero-order valence-corrected chi connectivity index (χ0v) is 17.8. The molecule has 186 valence electrons. The molecule has 0 aromatic carbocycles. The predicted octanol–water partition coefficient (Wildman–Crippen LogP) is 5.48. The Labute approximate surface area is 179 Å². The van der Waals surface area contributed by atoms with Gasteiger partial charge in [-0.15, -0.1) is 0 Å². The molecule has 13 heteroatoms. The van der Waals surface area contributed by atoms with Gasteiger partial charge in [-0.2, -0.15) is 35.1 Å². The van der Waals surface area contributed by atoms with Gasteiger partial charge in [-0.05, 0) is 33.8 Å². The van der Waals surface area contributed by atoms with E-state index in [9.17, 15) is 39.9 Å². The maximum Gasteiger partial charge on any atom is 0.423 e. The Morgan fingerprint density at radius 2 is 1.28 bits per heavy atom. The standard InChI is InChI=1S/C19H24F8O5/c1-8-12(3)29-10-16(20,21)14(4,5)32-19(26,27)18(24,25)15(6,7)31-17(22,23)11-30-13(28)9-2/h8-9H,1-3,10-11H2,4-7H3. The molecule has 0 saturated heterocycles. The Hall–Kier alpha value is -2.15. The monoisotopic (exact) mass is 484 g/mol. The van der Waals surface area contributed by atoms with E-state index in [-0.39, 0.29) is 19.6 Å². The minimum Gasteiger partial charge on any atom is -0.488 e. The van der Waals surface area contributed by atoms with Crippen LogP contribution in [0.25, 0.3) is 0 Å². The fourth-order valence-corrected chi connectivity index (χ4v) is 1.91. The number of rotatable bonds is 14. The number of hydrogen-bond donors (Lipinski definition) is 0. The Balaban J connectivity index is 5.67. The molecule has 0 aliphatic rings. The molecule has 0 atom stereocenters. The Bertz CT molecular complexity index is 717. The van der Waals surface area contributed by atoms with Crippen LogP contribution in [0.2, 0.25) is 0 Å². The summed E-state index contributed by atoms with van der Waals surface area (Å²) in [5, 5.41) is 0. The number of allylic oxidation sites excluding steroid dienone is 1. The maximum absolute atomic E-state index is 14.5. The Morgan fingerprint density at radius 3 is 1.72 bits per heavy atom. The van der Waals surface area contributed by atoms with E-state index in [2.05, 4.69) is 38.7 Å². The average molecular weight is 484 g/mol. The summed E-state index contributed by atoms with van der Waals surface area (Å²) < 4.78 is 130. The molecule has 0 aromatic heterocycles. The van der Waals surface area contributed by atoms with Crippen LogP contribution < -0.4 is 0 Å². The zero-order chi connectivity index (χ0) is 25.8. The van der Waals surface area contributed by atoms with Gasteiger partial charge in [0.1, 0.15) is 17.0 Å². The van der Waals surface area contributed by atoms with Crippen molar-refractivity contribution in [3.05, 3.63) is 37.6 Å². The molecule has 0 spiro atoms. The van der Waals surface area contributed by atoms with Crippen molar-refractivity contribution < 1.29 is 58.9 Å². The van der Waals surface area contributed by atoms with Crippen LogP contribution in [0.3, 0.4) is 0 Å². The van der Waals surface area contributed by atoms with E-state index in [1.54, 1.807) is 0 Å². The maximum atomic E-state index is 14.5. The summed E-state index contributed by atoms with van der Waals surface area (Å²) in [5.74, 6) is -11.6. The summed E-state index contributed by atoms with van der Waals surface area (Å²) in [6, 6.07) is 0. The molecule has 0 aromatic rings. The predicted molar refractivity (Wildman–Crippen MR) is 96.6 cm³/mol. The summed E-state index contributed by atoms with van der Waals surface area (Å²) in [4.78, 5) is 10.8. The van der Waals surface area contributed by atoms with Crippen LogP contribution in [-0.4, -0.2) is 54.4 Å². The van der Waals surface area contributed by atoms with Crippen LogP contribution in [0, 0.1) is 0 Å². The molecular weight excluding hydrogens is 460 g/mol. The van der Waals surface area contributed by atoms with Gasteiger partial charge in [0.2, 0.25) is 0 Å². The van der Waals surface area contributed by atoms with Crippen molar-refractivity contribution in [1.29, 1.82) is 0 Å². The zero-order valence-electron chi connectivity index (χ0n) is 17.8. The lowest BCUT2D eigenvalue weighted by Crippen LogP contribution is -2.63. The number of alkyl halides is 8. The largest absolute Gasteiger partial charge is 0.488 e. The van der Waals surface area contributed by atoms with Gasteiger partial charge in [0.05, 0.1) is 0 Å². The highest BCUT2D eigenvalue weighted by Crippen LogP contribution is 2.50. The van der Waals surface area contributed by atoms with E-state index in [0.717, 1.165) is 6.08 Å². The molecule has 5 nitrogen and oxygen atoms in total. The normalized spacial score (nSPS) is 14.0. The lowest BCUT2D eigenvalue weighted by Gasteiger charge is -2.43. The van der Waals surface area contributed by atoms with Crippen molar-refractivity contribution in [2.75, 3.05) is 13.2 Å². The molecule has 0 rings (SSSR count). The third kappa shape index (κ3) is 7.19. The van der Waals surface area contributed by atoms with Crippen molar-refractivity contribution in [3.63, 3.8) is 0 Å². The van der Waals surface area contributed by atoms with Crippen LogP contribution in [0.15, 0.2) is 37.6 Å². The number of halogens is 8. The first-order valence-electron chi connectivity index (χ1n) is 8.72. The molecular formula is C19H24F8O5. The van der Waals surface area contributed by atoms with E-state index in [1.807, 2.05) is 0 Å². The lowest BCUT2D eigenvalue weighted by molar-refractivity contribution is -0.446. The van der Waals surface area contributed by atoms with Gasteiger partial charge in [0.15, 0.2) is 13.2 Å². The minimum atomic E-state index is -5.73. The van der Waals surface area contributed by atoms with Crippen molar-refractivity contribution in [3.8, 4) is 0 Å². The van der Waals surface area contributed by atoms with Gasteiger partial charge < -0.3 is 18.9 Å². The van der Waals surface area contributed by atoms with Crippen LogP contribution >= 0.6 is 0 Å². The molecule has 32 heavy (non-hydrogen) atoms. The van der Waals surface area contributed by atoms with Gasteiger partial charge in [0, 0.05) is 6.08 Å². The van der Waals surface area contributed by atoms with Gasteiger partial charge in [0.25, 0.3) is 0 Å². The SMILES string of the molecule is C=CC(=C)OCC(F)(F)C(C)(C)OC(F)(F)C(F)(F)C(C)(C)OC(F)(F)COC(=O)C=C. The molecule has 0 heterocycles. The molecule has 0 fully saturated rings. The van der Waals surface area contributed by atoms with Crippen molar-refractivity contribution in [2.24, 2.45) is 0 Å². The van der Waals surface area contributed by atoms with Gasteiger partial charge in [-0.25, -0.2) is 4.79 Å². The second-order valence-corrected chi connectivity index (χ2v) is 7.43. The van der Waals surface area contributed by atoms with Crippen LogP contribution in [0.1, 0.15) is 27.7 Å². The van der Waals surface area contributed by atoms with Crippen molar-refractivity contribution in [1.82, 2.24) is 0 Å².